The summed E-state index contributed by atoms with van der Waals surface area (Å²) in [5.41, 5.74) is 1.97. The van der Waals surface area contributed by atoms with Crippen LogP contribution in [0, 0.1) is 5.82 Å². The molecule has 2 N–H and O–H groups in total. The third kappa shape index (κ3) is 5.02. The molecule has 0 radical (unpaired) electrons. The van der Waals surface area contributed by atoms with E-state index >= 15 is 0 Å². The van der Waals surface area contributed by atoms with Gasteiger partial charge in [0, 0.05) is 43.7 Å². The van der Waals surface area contributed by atoms with Gasteiger partial charge in [0.1, 0.15) is 23.0 Å². The number of carbonyl (C=O) groups is 1. The van der Waals surface area contributed by atoms with Crippen LogP contribution < -0.4 is 15.4 Å². The molecule has 3 aromatic rings. The molecular weight excluding hydrogens is 413 g/mol. The molecule has 4 rings (SSSR count). The quantitative estimate of drug-likeness (QED) is 0.557. The van der Waals surface area contributed by atoms with Crippen LogP contribution in [0.1, 0.15) is 23.8 Å². The van der Waals surface area contributed by atoms with Crippen molar-refractivity contribution in [1.29, 1.82) is 0 Å². The lowest BCUT2D eigenvalue weighted by Gasteiger charge is -2.33. The second-order valence-electron chi connectivity index (χ2n) is 7.84. The molecule has 1 aliphatic rings. The van der Waals surface area contributed by atoms with E-state index in [1.807, 2.05) is 6.92 Å². The Morgan fingerprint density at radius 2 is 2.06 bits per heavy atom. The average Bonchev–Trinajstić information content (AvgIpc) is 3.12. The van der Waals surface area contributed by atoms with Gasteiger partial charge in [0.25, 0.3) is 5.91 Å². The van der Waals surface area contributed by atoms with Crippen molar-refractivity contribution in [3.63, 3.8) is 0 Å². The van der Waals surface area contributed by atoms with E-state index in [1.165, 1.54) is 30.3 Å². The van der Waals surface area contributed by atoms with Crippen LogP contribution in [0.15, 0.2) is 36.5 Å². The van der Waals surface area contributed by atoms with Gasteiger partial charge in [0.15, 0.2) is 0 Å². The Labute approximate surface area is 185 Å². The monoisotopic (exact) mass is 439 g/mol. The lowest BCUT2D eigenvalue weighted by atomic mass is 10.2. The Bertz CT molecular complexity index is 1110. The van der Waals surface area contributed by atoms with Gasteiger partial charge < -0.3 is 20.3 Å². The van der Waals surface area contributed by atoms with Crippen molar-refractivity contribution in [2.45, 2.75) is 19.4 Å². The minimum absolute atomic E-state index is 0.0410. The SMILES string of the molecule is COc1cc(F)cc(Nc2nccc(-c3cc(C(=O)NC(C)CN4CCC4)n(C)n3)n2)c1. The number of hydrogen-bond donors (Lipinski definition) is 2. The molecular formula is C22H26FN7O2. The smallest absolute Gasteiger partial charge is 0.269 e. The van der Waals surface area contributed by atoms with Gasteiger partial charge in [-0.05, 0) is 44.6 Å². The number of halogens is 1. The van der Waals surface area contributed by atoms with Crippen LogP contribution >= 0.6 is 0 Å². The molecule has 0 bridgehead atoms. The average molecular weight is 439 g/mol. The highest BCUT2D eigenvalue weighted by atomic mass is 19.1. The number of anilines is 2. The zero-order valence-corrected chi connectivity index (χ0v) is 18.3. The summed E-state index contributed by atoms with van der Waals surface area (Å²) in [5, 5.41) is 10.4. The maximum Gasteiger partial charge on any atom is 0.269 e. The standard InChI is InChI=1S/C22H26FN7O2/c1-14(13-30-7-4-8-30)25-21(31)20-12-19(28-29(20)2)18-5-6-24-22(27-18)26-16-9-15(23)10-17(11-16)32-3/h5-6,9-12,14H,4,7-8,13H2,1-3H3,(H,25,31)(H,24,26,27). The lowest BCUT2D eigenvalue weighted by molar-refractivity contribution is 0.0905. The zero-order chi connectivity index (χ0) is 22.7. The molecule has 0 saturated carbocycles. The Balaban J connectivity index is 1.48. The molecule has 32 heavy (non-hydrogen) atoms. The van der Waals surface area contributed by atoms with E-state index in [0.29, 0.717) is 28.5 Å². The predicted molar refractivity (Wildman–Crippen MR) is 118 cm³/mol. The molecule has 1 aliphatic heterocycles. The highest BCUT2D eigenvalue weighted by Crippen LogP contribution is 2.23. The molecule has 1 amide bonds. The zero-order valence-electron chi connectivity index (χ0n) is 18.3. The van der Waals surface area contributed by atoms with E-state index in [2.05, 4.69) is 30.6 Å². The van der Waals surface area contributed by atoms with Crippen LogP contribution in [0.3, 0.4) is 0 Å². The maximum absolute atomic E-state index is 13.8. The normalized spacial score (nSPS) is 14.5. The predicted octanol–water partition coefficient (Wildman–Crippen LogP) is 2.59. The molecule has 9 nitrogen and oxygen atoms in total. The third-order valence-corrected chi connectivity index (χ3v) is 5.25. The first kappa shape index (κ1) is 21.7. The topological polar surface area (TPSA) is 97.2 Å². The number of amides is 1. The first-order chi connectivity index (χ1) is 15.4. The van der Waals surface area contributed by atoms with Crippen molar-refractivity contribution in [2.75, 3.05) is 32.1 Å². The van der Waals surface area contributed by atoms with Crippen LogP contribution in [0.5, 0.6) is 5.75 Å². The minimum atomic E-state index is -0.438. The van der Waals surface area contributed by atoms with Crippen molar-refractivity contribution >= 4 is 17.5 Å². The molecule has 1 fully saturated rings. The van der Waals surface area contributed by atoms with Gasteiger partial charge in [-0.1, -0.05) is 0 Å². The van der Waals surface area contributed by atoms with Crippen LogP contribution in [0.4, 0.5) is 16.0 Å². The first-order valence-corrected chi connectivity index (χ1v) is 10.4. The second kappa shape index (κ2) is 9.31. The van der Waals surface area contributed by atoms with Gasteiger partial charge in [-0.3, -0.25) is 9.48 Å². The summed E-state index contributed by atoms with van der Waals surface area (Å²) in [4.78, 5) is 23.7. The summed E-state index contributed by atoms with van der Waals surface area (Å²) in [6.07, 6.45) is 2.79. The van der Waals surface area contributed by atoms with Crippen LogP contribution in [-0.4, -0.2) is 63.3 Å². The Morgan fingerprint density at radius 3 is 2.78 bits per heavy atom. The number of aromatic nitrogens is 4. The van der Waals surface area contributed by atoms with Crippen molar-refractivity contribution in [2.24, 2.45) is 7.05 Å². The van der Waals surface area contributed by atoms with Crippen LogP contribution in [0.25, 0.3) is 11.4 Å². The van der Waals surface area contributed by atoms with Crippen LogP contribution in [-0.2, 0) is 7.05 Å². The second-order valence-corrected chi connectivity index (χ2v) is 7.84. The van der Waals surface area contributed by atoms with Gasteiger partial charge in [-0.2, -0.15) is 5.10 Å². The summed E-state index contributed by atoms with van der Waals surface area (Å²) >= 11 is 0. The molecule has 10 heteroatoms. The molecule has 0 aliphatic carbocycles. The van der Waals surface area contributed by atoms with Gasteiger partial charge >= 0.3 is 0 Å². The highest BCUT2D eigenvalue weighted by Gasteiger charge is 2.20. The number of carbonyl (C=O) groups excluding carboxylic acids is 1. The largest absolute Gasteiger partial charge is 0.497 e. The number of rotatable bonds is 8. The van der Waals surface area contributed by atoms with E-state index in [1.54, 1.807) is 31.4 Å². The molecule has 168 valence electrons. The van der Waals surface area contributed by atoms with E-state index in [-0.39, 0.29) is 17.9 Å². The Hall–Kier alpha value is -3.53. The molecule has 2 aromatic heterocycles. The van der Waals surface area contributed by atoms with Crippen molar-refractivity contribution in [3.8, 4) is 17.1 Å². The third-order valence-electron chi connectivity index (χ3n) is 5.25. The minimum Gasteiger partial charge on any atom is -0.497 e. The summed E-state index contributed by atoms with van der Waals surface area (Å²) in [5.74, 6) is 0.0348. The number of nitrogens with one attached hydrogen (secondary N) is 2. The molecule has 1 atom stereocenters. The van der Waals surface area contributed by atoms with E-state index in [0.717, 1.165) is 19.6 Å². The first-order valence-electron chi connectivity index (χ1n) is 10.4. The fraction of sp³-hybridized carbons (Fsp3) is 0.364. The highest BCUT2D eigenvalue weighted by molar-refractivity contribution is 5.93. The molecule has 1 unspecified atom stereocenters. The number of ether oxygens (including phenoxy) is 1. The molecule has 1 aromatic carbocycles. The maximum atomic E-state index is 13.8. The van der Waals surface area contributed by atoms with Gasteiger partial charge in [0.2, 0.25) is 5.95 Å². The van der Waals surface area contributed by atoms with Crippen molar-refractivity contribution in [1.82, 2.24) is 30.0 Å². The van der Waals surface area contributed by atoms with Crippen molar-refractivity contribution < 1.29 is 13.9 Å². The van der Waals surface area contributed by atoms with E-state index < -0.39 is 5.82 Å². The lowest BCUT2D eigenvalue weighted by Crippen LogP contribution is -2.47. The van der Waals surface area contributed by atoms with E-state index in [9.17, 15) is 9.18 Å². The summed E-state index contributed by atoms with van der Waals surface area (Å²) < 4.78 is 20.4. The number of hydrogen-bond acceptors (Lipinski definition) is 7. The fourth-order valence-corrected chi connectivity index (χ4v) is 3.54. The van der Waals surface area contributed by atoms with Crippen LogP contribution in [0.2, 0.25) is 0 Å². The fourth-order valence-electron chi connectivity index (χ4n) is 3.54. The number of likely N-dealkylation sites (tertiary alicyclic amines) is 1. The number of aryl methyl sites for hydroxylation is 1. The van der Waals surface area contributed by atoms with E-state index in [4.69, 9.17) is 4.74 Å². The Morgan fingerprint density at radius 1 is 1.25 bits per heavy atom. The Kier molecular flexibility index (Phi) is 6.31. The summed E-state index contributed by atoms with van der Waals surface area (Å²) in [6.45, 7) is 5.00. The van der Waals surface area contributed by atoms with Gasteiger partial charge in [0.05, 0.1) is 12.8 Å². The molecule has 1 saturated heterocycles. The van der Waals surface area contributed by atoms with Gasteiger partial charge in [-0.15, -0.1) is 0 Å². The van der Waals surface area contributed by atoms with Crippen molar-refractivity contribution in [3.05, 3.63) is 48.0 Å². The number of methoxy groups -OCH3 is 1. The molecule has 0 spiro atoms. The summed E-state index contributed by atoms with van der Waals surface area (Å²) in [7, 11) is 3.19. The van der Waals surface area contributed by atoms with Gasteiger partial charge in [-0.25, -0.2) is 14.4 Å². The number of nitrogens with zero attached hydrogens (tertiary/aromatic N) is 5. The number of benzene rings is 1. The summed E-state index contributed by atoms with van der Waals surface area (Å²) in [6, 6.07) is 7.69. The molecule has 3 heterocycles.